The van der Waals surface area contributed by atoms with Crippen LogP contribution in [0.2, 0.25) is 0 Å². The van der Waals surface area contributed by atoms with Gasteiger partial charge >= 0.3 is 7.12 Å². The fourth-order valence-corrected chi connectivity index (χ4v) is 2.64. The summed E-state index contributed by atoms with van der Waals surface area (Å²) in [4.78, 5) is 10.2. The Balaban J connectivity index is 1.89. The van der Waals surface area contributed by atoms with Crippen molar-refractivity contribution < 1.29 is 29.2 Å². The fraction of sp³-hybridized carbons (Fsp3) is 0.625. The Morgan fingerprint density at radius 3 is 2.96 bits per heavy atom. The van der Waals surface area contributed by atoms with Crippen molar-refractivity contribution in [3.8, 4) is 5.75 Å². The Morgan fingerprint density at radius 2 is 2.24 bits per heavy atom. The van der Waals surface area contributed by atoms with E-state index in [-0.39, 0.29) is 6.61 Å². The topological polar surface area (TPSA) is 111 Å². The van der Waals surface area contributed by atoms with Gasteiger partial charge in [0.05, 0.1) is 6.10 Å². The van der Waals surface area contributed by atoms with Gasteiger partial charge in [0.1, 0.15) is 18.5 Å². The van der Waals surface area contributed by atoms with E-state index in [0.29, 0.717) is 36.4 Å². The van der Waals surface area contributed by atoms with Gasteiger partial charge in [0.25, 0.3) is 0 Å². The largest absolute Gasteiger partial charge is 0.496 e. The molecule has 9 heteroatoms. The molecule has 1 aromatic carbocycles. The van der Waals surface area contributed by atoms with E-state index in [9.17, 15) is 20.2 Å². The van der Waals surface area contributed by atoms with Crippen molar-refractivity contribution in [3.63, 3.8) is 0 Å². The molecule has 0 aliphatic carbocycles. The number of benzene rings is 1. The third-order valence-corrected chi connectivity index (χ3v) is 3.97. The molecule has 1 aliphatic heterocycles. The molecule has 0 fully saturated rings. The number of aliphatic hydroxyl groups excluding tert-OH is 1. The van der Waals surface area contributed by atoms with Crippen LogP contribution in [0.15, 0.2) is 18.2 Å². The van der Waals surface area contributed by atoms with Gasteiger partial charge in [-0.05, 0) is 24.5 Å². The van der Waals surface area contributed by atoms with Crippen LogP contribution < -0.4 is 10.2 Å². The average molecular weight is 353 g/mol. The summed E-state index contributed by atoms with van der Waals surface area (Å²) in [6, 6.07) is 5.00. The van der Waals surface area contributed by atoms with E-state index < -0.39 is 30.8 Å². The van der Waals surface area contributed by atoms with Crippen LogP contribution in [0.5, 0.6) is 5.75 Å². The van der Waals surface area contributed by atoms with E-state index in [0.717, 1.165) is 12.8 Å². The Hall–Kier alpha value is -1.68. The number of nitrogens with zero attached hydrogens (tertiary/aromatic N) is 1. The monoisotopic (exact) mass is 353 g/mol. The zero-order valence-corrected chi connectivity index (χ0v) is 14.3. The molecule has 8 nitrogen and oxygen atoms in total. The third kappa shape index (κ3) is 5.67. The van der Waals surface area contributed by atoms with Gasteiger partial charge < -0.3 is 24.3 Å². The maximum Gasteiger partial charge on any atom is 0.496 e. The van der Waals surface area contributed by atoms with E-state index in [1.54, 1.807) is 18.2 Å². The second-order valence-corrected chi connectivity index (χ2v) is 5.97. The van der Waals surface area contributed by atoms with E-state index in [2.05, 4.69) is 6.92 Å². The quantitative estimate of drug-likeness (QED) is 0.260. The van der Waals surface area contributed by atoms with Crippen LogP contribution in [0.4, 0.5) is 0 Å². The van der Waals surface area contributed by atoms with Crippen molar-refractivity contribution in [1.29, 1.82) is 0 Å². The maximum atomic E-state index is 10.7. The number of ether oxygens (including phenoxy) is 2. The normalized spacial score (nSPS) is 17.4. The first-order valence-electron chi connectivity index (χ1n) is 8.49. The van der Waals surface area contributed by atoms with Gasteiger partial charge in [-0.3, -0.25) is 10.1 Å². The van der Waals surface area contributed by atoms with Crippen molar-refractivity contribution in [2.45, 2.75) is 38.4 Å². The van der Waals surface area contributed by atoms with Crippen LogP contribution in [0, 0.1) is 10.1 Å². The number of fused-ring (bicyclic) bond motifs is 1. The van der Waals surface area contributed by atoms with Crippen LogP contribution in [-0.2, 0) is 9.39 Å². The molecule has 0 aromatic heterocycles. The maximum absolute atomic E-state index is 10.7. The van der Waals surface area contributed by atoms with Crippen molar-refractivity contribution in [1.82, 2.24) is 0 Å². The molecular weight excluding hydrogens is 329 g/mol. The fourth-order valence-electron chi connectivity index (χ4n) is 2.64. The highest BCUT2D eigenvalue weighted by Crippen LogP contribution is 2.27. The summed E-state index contributed by atoms with van der Waals surface area (Å²) >= 11 is 0. The molecule has 2 rings (SSSR count). The second-order valence-electron chi connectivity index (χ2n) is 5.97. The van der Waals surface area contributed by atoms with Crippen molar-refractivity contribution >= 4 is 12.6 Å². The van der Waals surface area contributed by atoms with Gasteiger partial charge in [-0.2, -0.15) is 0 Å². The van der Waals surface area contributed by atoms with Crippen molar-refractivity contribution in [2.75, 3.05) is 26.4 Å². The predicted octanol–water partition coefficient (Wildman–Crippen LogP) is 0.669. The average Bonchev–Trinajstić information content (AvgIpc) is 2.89. The zero-order valence-electron chi connectivity index (χ0n) is 14.3. The van der Waals surface area contributed by atoms with Crippen LogP contribution in [-0.4, -0.2) is 54.6 Å². The summed E-state index contributed by atoms with van der Waals surface area (Å²) in [5.41, 5.74) is 0.930. The molecule has 1 aromatic rings. The van der Waals surface area contributed by atoms with Gasteiger partial charge in [0, 0.05) is 23.6 Å². The number of hydrogen-bond donors (Lipinski definition) is 2. The van der Waals surface area contributed by atoms with Crippen LogP contribution in [0.1, 0.15) is 37.9 Å². The molecule has 0 saturated carbocycles. The lowest BCUT2D eigenvalue weighted by atomic mass is 9.78. The number of nitro groups is 1. The van der Waals surface area contributed by atoms with Crippen molar-refractivity contribution in [3.05, 3.63) is 33.9 Å². The molecule has 2 atom stereocenters. The highest BCUT2D eigenvalue weighted by Gasteiger charge is 2.40. The highest BCUT2D eigenvalue weighted by molar-refractivity contribution is 6.62. The zero-order chi connectivity index (χ0) is 18.2. The molecular formula is C16H24BNO7. The summed E-state index contributed by atoms with van der Waals surface area (Å²) in [5.74, 6) is 0.363. The van der Waals surface area contributed by atoms with Crippen LogP contribution in [0.25, 0.3) is 0 Å². The Morgan fingerprint density at radius 1 is 1.44 bits per heavy atom. The number of unbranched alkanes of at least 4 members (excludes halogenated alkanes) is 1. The standard InChI is InChI=1S/C16H24BNO7/c1-2-3-8-23-9-7-12(19)11-24-14-6-4-5-13-15(10-18(21)22)25-17(20)16(13)14/h4-6,12,15,19-20H,2-3,7-11H2,1H3. The minimum absolute atomic E-state index is 0.0419. The van der Waals surface area contributed by atoms with Gasteiger partial charge in [0.15, 0.2) is 0 Å². The van der Waals surface area contributed by atoms with Crippen LogP contribution in [0.3, 0.4) is 0 Å². The van der Waals surface area contributed by atoms with E-state index in [1.807, 2.05) is 0 Å². The Bertz CT molecular complexity index is 571. The molecule has 0 saturated heterocycles. The highest BCUT2D eigenvalue weighted by atomic mass is 16.6. The lowest BCUT2D eigenvalue weighted by Gasteiger charge is -2.15. The summed E-state index contributed by atoms with van der Waals surface area (Å²) in [5, 5.41) is 30.7. The second kappa shape index (κ2) is 9.72. The van der Waals surface area contributed by atoms with Gasteiger partial charge in [-0.15, -0.1) is 0 Å². The lowest BCUT2D eigenvalue weighted by molar-refractivity contribution is -0.490. The summed E-state index contributed by atoms with van der Waals surface area (Å²) < 4.78 is 16.2. The summed E-state index contributed by atoms with van der Waals surface area (Å²) in [7, 11) is -1.27. The lowest BCUT2D eigenvalue weighted by Crippen LogP contribution is -2.31. The molecule has 0 bridgehead atoms. The molecule has 25 heavy (non-hydrogen) atoms. The number of aliphatic hydroxyl groups is 1. The molecule has 1 heterocycles. The summed E-state index contributed by atoms with van der Waals surface area (Å²) in [6.07, 6.45) is 0.993. The first-order chi connectivity index (χ1) is 12.0. The first kappa shape index (κ1) is 19.6. The minimum atomic E-state index is -1.27. The van der Waals surface area contributed by atoms with Crippen molar-refractivity contribution in [2.24, 2.45) is 0 Å². The molecule has 0 spiro atoms. The van der Waals surface area contributed by atoms with E-state index >= 15 is 0 Å². The molecule has 1 aliphatic rings. The Kier molecular flexibility index (Phi) is 7.64. The Labute approximate surface area is 147 Å². The molecule has 0 radical (unpaired) electrons. The SMILES string of the molecule is CCCCOCCC(O)COc1cccc2c1B(O)OC2C[N+](=O)[O-]. The molecule has 2 unspecified atom stereocenters. The van der Waals surface area contributed by atoms with Gasteiger partial charge in [0.2, 0.25) is 6.54 Å². The minimum Gasteiger partial charge on any atom is -0.491 e. The molecule has 138 valence electrons. The van der Waals surface area contributed by atoms with E-state index in [4.69, 9.17) is 14.1 Å². The first-order valence-corrected chi connectivity index (χ1v) is 8.49. The molecule has 2 N–H and O–H groups in total. The predicted molar refractivity (Wildman–Crippen MR) is 91.6 cm³/mol. The van der Waals surface area contributed by atoms with Gasteiger partial charge in [-0.25, -0.2) is 0 Å². The number of rotatable bonds is 11. The number of hydrogen-bond acceptors (Lipinski definition) is 7. The summed E-state index contributed by atoms with van der Waals surface area (Å²) in [6.45, 7) is 2.83. The van der Waals surface area contributed by atoms with Crippen LogP contribution >= 0.6 is 0 Å². The smallest absolute Gasteiger partial charge is 0.491 e. The third-order valence-electron chi connectivity index (χ3n) is 3.97. The van der Waals surface area contributed by atoms with Gasteiger partial charge in [-0.1, -0.05) is 25.5 Å². The van der Waals surface area contributed by atoms with E-state index in [1.165, 1.54) is 0 Å². The molecule has 0 amide bonds.